The highest BCUT2D eigenvalue weighted by molar-refractivity contribution is 8.00. The number of aliphatic hydroxyl groups excluding tert-OH is 1. The standard InChI is InChI=1S/C15H17N5O7S2/c1-26-3-5-9(13(23)24)20-11(22)8(12(20)29-14(5)25)18-10(21)7(19-27-2)6-4-28-15(16)17-6/h4,8,12,14,25H,3H2,1-2H3,(H2,16,17)(H,18,21)(H,23,24)/b19-7-/t8-,12-,14?/m1/s1. The molecule has 1 aromatic heterocycles. The molecule has 156 valence electrons. The van der Waals surface area contributed by atoms with Crippen molar-refractivity contribution in [3.63, 3.8) is 0 Å². The number of hydrogen-bond donors (Lipinski definition) is 4. The van der Waals surface area contributed by atoms with Gasteiger partial charge in [-0.05, 0) is 0 Å². The van der Waals surface area contributed by atoms with Crippen LogP contribution in [-0.4, -0.2) is 81.3 Å². The highest BCUT2D eigenvalue weighted by Gasteiger charge is 2.56. The van der Waals surface area contributed by atoms with Crippen molar-refractivity contribution in [3.05, 3.63) is 22.3 Å². The number of fused-ring (bicyclic) bond motifs is 1. The van der Waals surface area contributed by atoms with Gasteiger partial charge < -0.3 is 30.8 Å². The van der Waals surface area contributed by atoms with Gasteiger partial charge in [0, 0.05) is 18.1 Å². The van der Waals surface area contributed by atoms with E-state index in [9.17, 15) is 24.6 Å². The Labute approximate surface area is 172 Å². The van der Waals surface area contributed by atoms with Gasteiger partial charge in [0.2, 0.25) is 0 Å². The molecule has 0 aliphatic carbocycles. The molecule has 0 saturated carbocycles. The number of nitrogens with zero attached hydrogens (tertiary/aromatic N) is 3. The quantitative estimate of drug-likeness (QED) is 0.227. The Morgan fingerprint density at radius 3 is 2.72 bits per heavy atom. The minimum atomic E-state index is -1.38. The number of nitrogen functional groups attached to an aromatic ring is 1. The number of carbonyl (C=O) groups is 3. The maximum absolute atomic E-state index is 12.6. The summed E-state index contributed by atoms with van der Waals surface area (Å²) in [6.45, 7) is -0.154. The SMILES string of the molecule is COCC1=C(C(=O)O)N2C(=O)[C@@H](NC(=O)/C(=N\OC)c3csc(N)n3)[C@H]2SC1O. The molecule has 5 N–H and O–H groups in total. The van der Waals surface area contributed by atoms with Gasteiger partial charge >= 0.3 is 5.97 Å². The minimum absolute atomic E-state index is 0.0685. The van der Waals surface area contributed by atoms with Crippen LogP contribution in [0.1, 0.15) is 5.69 Å². The molecule has 0 radical (unpaired) electrons. The molecule has 3 rings (SSSR count). The van der Waals surface area contributed by atoms with E-state index in [2.05, 4.69) is 20.3 Å². The maximum atomic E-state index is 12.6. The fourth-order valence-corrected chi connectivity index (χ4v) is 4.73. The normalized spacial score (nSPS) is 24.1. The molecule has 2 aliphatic rings. The monoisotopic (exact) mass is 443 g/mol. The van der Waals surface area contributed by atoms with Gasteiger partial charge in [-0.25, -0.2) is 9.78 Å². The summed E-state index contributed by atoms with van der Waals surface area (Å²) in [4.78, 5) is 46.6. The van der Waals surface area contributed by atoms with Crippen LogP contribution >= 0.6 is 23.1 Å². The van der Waals surface area contributed by atoms with Gasteiger partial charge in [0.1, 0.15) is 35.4 Å². The fourth-order valence-electron chi connectivity index (χ4n) is 2.90. The molecule has 1 unspecified atom stereocenters. The van der Waals surface area contributed by atoms with Crippen molar-refractivity contribution in [3.8, 4) is 0 Å². The number of nitrogens with one attached hydrogen (secondary N) is 1. The number of hydrogen-bond acceptors (Lipinski definition) is 11. The second kappa shape index (κ2) is 8.36. The predicted octanol–water partition coefficient (Wildman–Crippen LogP) is -1.22. The van der Waals surface area contributed by atoms with E-state index in [0.717, 1.165) is 28.0 Å². The van der Waals surface area contributed by atoms with E-state index in [-0.39, 0.29) is 34.4 Å². The van der Waals surface area contributed by atoms with Crippen molar-refractivity contribution in [2.24, 2.45) is 5.16 Å². The molecule has 1 aromatic rings. The van der Waals surface area contributed by atoms with Crippen LogP contribution in [0.2, 0.25) is 0 Å². The summed E-state index contributed by atoms with van der Waals surface area (Å²) < 4.78 is 4.93. The lowest BCUT2D eigenvalue weighted by Gasteiger charge is -2.50. The summed E-state index contributed by atoms with van der Waals surface area (Å²) in [5.74, 6) is -2.77. The number of aliphatic carboxylic acids is 1. The van der Waals surface area contributed by atoms with Crippen molar-refractivity contribution in [2.45, 2.75) is 16.9 Å². The van der Waals surface area contributed by atoms with Crippen molar-refractivity contribution < 1.29 is 34.2 Å². The second-order valence-electron chi connectivity index (χ2n) is 5.84. The van der Waals surface area contributed by atoms with Crippen LogP contribution in [0.15, 0.2) is 21.8 Å². The van der Waals surface area contributed by atoms with Gasteiger partial charge in [-0.15, -0.1) is 11.3 Å². The number of thioether (sulfide) groups is 1. The Morgan fingerprint density at radius 2 is 2.17 bits per heavy atom. The van der Waals surface area contributed by atoms with Gasteiger partial charge in [-0.3, -0.25) is 14.5 Å². The molecule has 1 saturated heterocycles. The van der Waals surface area contributed by atoms with Crippen LogP contribution in [0.4, 0.5) is 5.13 Å². The van der Waals surface area contributed by atoms with E-state index in [1.807, 2.05) is 0 Å². The number of oxime groups is 1. The third-order valence-electron chi connectivity index (χ3n) is 4.11. The summed E-state index contributed by atoms with van der Waals surface area (Å²) in [7, 11) is 2.59. The van der Waals surface area contributed by atoms with Crippen LogP contribution in [0.5, 0.6) is 0 Å². The second-order valence-corrected chi connectivity index (χ2v) is 7.94. The van der Waals surface area contributed by atoms with E-state index in [1.54, 1.807) is 0 Å². The topological polar surface area (TPSA) is 177 Å². The van der Waals surface area contributed by atoms with Crippen molar-refractivity contribution in [1.82, 2.24) is 15.2 Å². The van der Waals surface area contributed by atoms with Gasteiger partial charge in [-0.2, -0.15) is 0 Å². The molecule has 1 fully saturated rings. The summed E-state index contributed by atoms with van der Waals surface area (Å²) in [6.07, 6.45) is 0. The largest absolute Gasteiger partial charge is 0.477 e. The summed E-state index contributed by atoms with van der Waals surface area (Å²) in [5, 5.41) is 26.8. The number of thiazole rings is 1. The molecule has 3 atom stereocenters. The molecule has 2 aliphatic heterocycles. The van der Waals surface area contributed by atoms with Crippen LogP contribution < -0.4 is 11.1 Å². The van der Waals surface area contributed by atoms with E-state index in [1.165, 1.54) is 19.6 Å². The number of methoxy groups -OCH3 is 1. The molecule has 0 bridgehead atoms. The zero-order chi connectivity index (χ0) is 21.3. The number of nitrogens with two attached hydrogens (primary N) is 1. The van der Waals surface area contributed by atoms with Gasteiger partial charge in [-0.1, -0.05) is 16.9 Å². The minimum Gasteiger partial charge on any atom is -0.477 e. The number of amides is 2. The van der Waals surface area contributed by atoms with Crippen LogP contribution in [0.25, 0.3) is 0 Å². The Bertz CT molecular complexity index is 915. The number of aromatic nitrogens is 1. The number of aliphatic hydroxyl groups is 1. The molecule has 2 amide bonds. The fraction of sp³-hybridized carbons (Fsp3) is 0.400. The zero-order valence-corrected chi connectivity index (χ0v) is 16.8. The summed E-state index contributed by atoms with van der Waals surface area (Å²) >= 11 is 2.02. The number of β-lactam (4-membered cyclic amide) rings is 1. The van der Waals surface area contributed by atoms with E-state index in [0.29, 0.717) is 0 Å². The predicted molar refractivity (Wildman–Crippen MR) is 103 cm³/mol. The lowest BCUT2D eigenvalue weighted by molar-refractivity contribution is -0.150. The van der Waals surface area contributed by atoms with Crippen LogP contribution in [-0.2, 0) is 24.0 Å². The van der Waals surface area contributed by atoms with Crippen molar-refractivity contribution in [2.75, 3.05) is 26.6 Å². The average molecular weight is 443 g/mol. The van der Waals surface area contributed by atoms with Gasteiger partial charge in [0.05, 0.1) is 6.61 Å². The van der Waals surface area contributed by atoms with Gasteiger partial charge in [0.15, 0.2) is 10.8 Å². The molecule has 14 heteroatoms. The van der Waals surface area contributed by atoms with E-state index < -0.39 is 34.6 Å². The number of rotatable bonds is 7. The van der Waals surface area contributed by atoms with E-state index >= 15 is 0 Å². The molecule has 3 heterocycles. The first-order valence-electron chi connectivity index (χ1n) is 8.05. The third kappa shape index (κ3) is 3.78. The number of carboxylic acid groups (broad SMARTS) is 1. The number of anilines is 1. The Kier molecular flexibility index (Phi) is 6.07. The number of carboxylic acids is 1. The smallest absolute Gasteiger partial charge is 0.352 e. The summed E-state index contributed by atoms with van der Waals surface area (Å²) in [5.41, 5.74) is 4.06. The molecule has 12 nitrogen and oxygen atoms in total. The molecule has 29 heavy (non-hydrogen) atoms. The van der Waals surface area contributed by atoms with E-state index in [4.69, 9.17) is 10.5 Å². The van der Waals surface area contributed by atoms with Crippen LogP contribution in [0.3, 0.4) is 0 Å². The lowest BCUT2D eigenvalue weighted by Crippen LogP contribution is -2.71. The highest BCUT2D eigenvalue weighted by Crippen LogP contribution is 2.43. The first kappa shape index (κ1) is 21.0. The first-order chi connectivity index (χ1) is 13.8. The Hall–Kier alpha value is -2.68. The third-order valence-corrected chi connectivity index (χ3v) is 6.08. The van der Waals surface area contributed by atoms with Crippen molar-refractivity contribution in [1.29, 1.82) is 0 Å². The summed E-state index contributed by atoms with van der Waals surface area (Å²) in [6, 6.07) is -1.07. The highest BCUT2D eigenvalue weighted by atomic mass is 32.2. The molecule has 0 spiro atoms. The van der Waals surface area contributed by atoms with Crippen molar-refractivity contribution >= 4 is 51.7 Å². The maximum Gasteiger partial charge on any atom is 0.352 e. The first-order valence-corrected chi connectivity index (χ1v) is 9.87. The lowest BCUT2D eigenvalue weighted by atomic mass is 10.0. The average Bonchev–Trinajstić information content (AvgIpc) is 3.10. The molecular formula is C15H17N5O7S2. The number of carbonyl (C=O) groups excluding carboxylic acids is 2. The molecule has 0 aromatic carbocycles. The number of ether oxygens (including phenoxy) is 1. The molecular weight excluding hydrogens is 426 g/mol. The van der Waals surface area contributed by atoms with Gasteiger partial charge in [0.25, 0.3) is 11.8 Å². The Morgan fingerprint density at radius 1 is 1.45 bits per heavy atom. The van der Waals surface area contributed by atoms with Crippen LogP contribution in [0, 0.1) is 0 Å². The Balaban J connectivity index is 1.83. The zero-order valence-electron chi connectivity index (χ0n) is 15.2.